The third-order valence-electron chi connectivity index (χ3n) is 3.86. The molecule has 5 heteroatoms. The molecule has 1 aliphatic heterocycles. The Morgan fingerprint density at radius 3 is 2.77 bits per heavy atom. The van der Waals surface area contributed by atoms with Crippen LogP contribution in [0.1, 0.15) is 17.0 Å². The van der Waals surface area contributed by atoms with Crippen LogP contribution in [0.15, 0.2) is 36.4 Å². The molecule has 0 saturated heterocycles. The summed E-state index contributed by atoms with van der Waals surface area (Å²) < 4.78 is 16.2. The zero-order chi connectivity index (χ0) is 15.5. The second-order valence-electron chi connectivity index (χ2n) is 5.21. The number of rotatable bonds is 5. The molecule has 0 aromatic heterocycles. The lowest BCUT2D eigenvalue weighted by Gasteiger charge is -2.18. The second kappa shape index (κ2) is 6.46. The fourth-order valence-corrected chi connectivity index (χ4v) is 2.87. The van der Waals surface area contributed by atoms with Gasteiger partial charge in [-0.3, -0.25) is 0 Å². The zero-order valence-corrected chi connectivity index (χ0v) is 13.1. The molecule has 1 atom stereocenters. The van der Waals surface area contributed by atoms with Gasteiger partial charge < -0.3 is 19.9 Å². The van der Waals surface area contributed by atoms with Crippen LogP contribution in [0.4, 0.5) is 0 Å². The molecule has 0 fully saturated rings. The van der Waals surface area contributed by atoms with Crippen molar-refractivity contribution in [1.82, 2.24) is 0 Å². The molecule has 0 bridgehead atoms. The highest BCUT2D eigenvalue weighted by atomic mass is 35.5. The van der Waals surface area contributed by atoms with Crippen molar-refractivity contribution in [3.8, 4) is 17.2 Å². The number of hydrogen-bond donors (Lipinski definition) is 1. The first kappa shape index (κ1) is 15.0. The number of nitrogens with two attached hydrogens (primary N) is 1. The Morgan fingerprint density at radius 2 is 2.00 bits per heavy atom. The summed E-state index contributed by atoms with van der Waals surface area (Å²) in [4.78, 5) is 0. The van der Waals surface area contributed by atoms with Crippen LogP contribution < -0.4 is 19.9 Å². The van der Waals surface area contributed by atoms with E-state index in [0.717, 1.165) is 34.8 Å². The molecule has 0 saturated carbocycles. The predicted octanol–water partition coefficient (Wildman–Crippen LogP) is 3.36. The molecule has 1 aliphatic rings. The van der Waals surface area contributed by atoms with E-state index < -0.39 is 0 Å². The van der Waals surface area contributed by atoms with Crippen molar-refractivity contribution in [3.05, 3.63) is 52.5 Å². The van der Waals surface area contributed by atoms with E-state index in [1.54, 1.807) is 7.11 Å². The van der Waals surface area contributed by atoms with Gasteiger partial charge >= 0.3 is 0 Å². The van der Waals surface area contributed by atoms with Gasteiger partial charge in [0.05, 0.1) is 7.11 Å². The summed E-state index contributed by atoms with van der Waals surface area (Å²) in [5.41, 5.74) is 8.15. The van der Waals surface area contributed by atoms with E-state index in [4.69, 9.17) is 31.5 Å². The third-order valence-corrected chi connectivity index (χ3v) is 4.10. The minimum atomic E-state index is 0.155. The van der Waals surface area contributed by atoms with Gasteiger partial charge in [0.2, 0.25) is 6.79 Å². The molecule has 116 valence electrons. The number of halogens is 1. The molecule has 22 heavy (non-hydrogen) atoms. The van der Waals surface area contributed by atoms with E-state index in [0.29, 0.717) is 11.6 Å². The summed E-state index contributed by atoms with van der Waals surface area (Å²) in [6.45, 7) is 0.795. The van der Waals surface area contributed by atoms with Gasteiger partial charge in [0.1, 0.15) is 5.75 Å². The van der Waals surface area contributed by atoms with E-state index in [2.05, 4.69) is 0 Å². The Morgan fingerprint density at radius 1 is 1.18 bits per heavy atom. The molecule has 0 radical (unpaired) electrons. The summed E-state index contributed by atoms with van der Waals surface area (Å²) in [6, 6.07) is 11.6. The number of methoxy groups -OCH3 is 1. The van der Waals surface area contributed by atoms with Crippen LogP contribution in [0.3, 0.4) is 0 Å². The van der Waals surface area contributed by atoms with Crippen molar-refractivity contribution < 1.29 is 14.2 Å². The summed E-state index contributed by atoms with van der Waals surface area (Å²) in [7, 11) is 1.66. The van der Waals surface area contributed by atoms with E-state index in [1.165, 1.54) is 0 Å². The Balaban J connectivity index is 1.87. The Bertz CT molecular complexity index is 675. The largest absolute Gasteiger partial charge is 0.496 e. The van der Waals surface area contributed by atoms with Crippen molar-refractivity contribution in [1.29, 1.82) is 0 Å². The molecule has 0 aliphatic carbocycles. The van der Waals surface area contributed by atoms with E-state index in [-0.39, 0.29) is 12.7 Å². The third kappa shape index (κ3) is 2.98. The maximum atomic E-state index is 6.10. The van der Waals surface area contributed by atoms with Gasteiger partial charge in [-0.05, 0) is 54.4 Å². The Hall–Kier alpha value is -1.91. The molecule has 2 aromatic rings. The molecule has 0 spiro atoms. The molecule has 0 amide bonds. The zero-order valence-electron chi connectivity index (χ0n) is 12.3. The van der Waals surface area contributed by atoms with Crippen molar-refractivity contribution in [2.24, 2.45) is 5.73 Å². The highest BCUT2D eigenvalue weighted by Gasteiger charge is 2.19. The lowest BCUT2D eigenvalue weighted by molar-refractivity contribution is 0.174. The average molecular weight is 320 g/mol. The van der Waals surface area contributed by atoms with Crippen molar-refractivity contribution in [2.45, 2.75) is 12.3 Å². The molecule has 2 N–H and O–H groups in total. The highest BCUT2D eigenvalue weighted by molar-refractivity contribution is 6.30. The SMILES string of the molecule is COc1ccc(Cl)cc1CC(CN)c1ccc2c(c1)OCO2. The van der Waals surface area contributed by atoms with Gasteiger partial charge in [-0.1, -0.05) is 17.7 Å². The number of hydrogen-bond acceptors (Lipinski definition) is 4. The van der Waals surface area contributed by atoms with Crippen LogP contribution in [0.2, 0.25) is 5.02 Å². The lowest BCUT2D eigenvalue weighted by atomic mass is 9.91. The first-order chi connectivity index (χ1) is 10.7. The van der Waals surface area contributed by atoms with Crippen LogP contribution in [-0.4, -0.2) is 20.4 Å². The maximum Gasteiger partial charge on any atom is 0.231 e. The van der Waals surface area contributed by atoms with Gasteiger partial charge in [0.25, 0.3) is 0 Å². The van der Waals surface area contributed by atoms with E-state index in [9.17, 15) is 0 Å². The Kier molecular flexibility index (Phi) is 4.41. The van der Waals surface area contributed by atoms with E-state index >= 15 is 0 Å². The molecule has 2 aromatic carbocycles. The average Bonchev–Trinajstić information content (AvgIpc) is 3.00. The maximum absolute atomic E-state index is 6.10. The molecular weight excluding hydrogens is 302 g/mol. The first-order valence-corrected chi connectivity index (χ1v) is 7.51. The fraction of sp³-hybridized carbons (Fsp3) is 0.294. The van der Waals surface area contributed by atoms with Crippen LogP contribution in [0.25, 0.3) is 0 Å². The monoisotopic (exact) mass is 319 g/mol. The second-order valence-corrected chi connectivity index (χ2v) is 5.64. The summed E-state index contributed by atoms with van der Waals surface area (Å²) in [5, 5.41) is 0.692. The van der Waals surface area contributed by atoms with Crippen molar-refractivity contribution >= 4 is 11.6 Å². The van der Waals surface area contributed by atoms with Gasteiger partial charge in [0, 0.05) is 10.9 Å². The molecule has 4 nitrogen and oxygen atoms in total. The standard InChI is InChI=1S/C17H18ClNO3/c1-20-15-5-3-14(18)7-12(15)6-13(9-19)11-2-4-16-17(8-11)22-10-21-16/h2-5,7-8,13H,6,9-10,19H2,1H3. The van der Waals surface area contributed by atoms with E-state index in [1.807, 2.05) is 36.4 Å². The minimum Gasteiger partial charge on any atom is -0.496 e. The Labute approximate surface area is 134 Å². The quantitative estimate of drug-likeness (QED) is 0.918. The normalized spacial score (nSPS) is 14.0. The summed E-state index contributed by atoms with van der Waals surface area (Å²) >= 11 is 6.10. The number of ether oxygens (including phenoxy) is 3. The highest BCUT2D eigenvalue weighted by Crippen LogP contribution is 2.36. The summed E-state index contributed by atoms with van der Waals surface area (Å²) in [5.74, 6) is 2.53. The van der Waals surface area contributed by atoms with Gasteiger partial charge in [-0.2, -0.15) is 0 Å². The van der Waals surface area contributed by atoms with Crippen LogP contribution in [0.5, 0.6) is 17.2 Å². The minimum absolute atomic E-state index is 0.155. The smallest absolute Gasteiger partial charge is 0.231 e. The topological polar surface area (TPSA) is 53.7 Å². The van der Waals surface area contributed by atoms with Gasteiger partial charge in [0.15, 0.2) is 11.5 Å². The summed E-state index contributed by atoms with van der Waals surface area (Å²) in [6.07, 6.45) is 0.750. The van der Waals surface area contributed by atoms with Gasteiger partial charge in [-0.15, -0.1) is 0 Å². The van der Waals surface area contributed by atoms with Crippen molar-refractivity contribution in [3.63, 3.8) is 0 Å². The molecule has 1 unspecified atom stereocenters. The number of benzene rings is 2. The van der Waals surface area contributed by atoms with Crippen molar-refractivity contribution in [2.75, 3.05) is 20.4 Å². The fourth-order valence-electron chi connectivity index (χ4n) is 2.68. The number of fused-ring (bicyclic) bond motifs is 1. The van der Waals surface area contributed by atoms with Crippen LogP contribution in [-0.2, 0) is 6.42 Å². The van der Waals surface area contributed by atoms with Gasteiger partial charge in [-0.25, -0.2) is 0 Å². The molecule has 1 heterocycles. The van der Waals surface area contributed by atoms with Crippen LogP contribution in [0, 0.1) is 0 Å². The predicted molar refractivity (Wildman–Crippen MR) is 86.1 cm³/mol. The molecular formula is C17H18ClNO3. The van der Waals surface area contributed by atoms with Crippen LogP contribution >= 0.6 is 11.6 Å². The lowest BCUT2D eigenvalue weighted by Crippen LogP contribution is -2.15. The first-order valence-electron chi connectivity index (χ1n) is 7.13. The molecule has 3 rings (SSSR count).